The minimum Gasteiger partial charge on any atom is -0.364 e. The van der Waals surface area contributed by atoms with Gasteiger partial charge >= 0.3 is 0 Å². The Kier molecular flexibility index (Phi) is 6.34. The van der Waals surface area contributed by atoms with Gasteiger partial charge in [-0.2, -0.15) is 0 Å². The Labute approximate surface area is 151 Å². The highest BCUT2D eigenvalue weighted by molar-refractivity contribution is 5.79. The molecule has 0 aromatic heterocycles. The van der Waals surface area contributed by atoms with Gasteiger partial charge in [0.1, 0.15) is 0 Å². The molecular formula is C20H31N5. The smallest absolute Gasteiger partial charge is 0.191 e. The average Bonchev–Trinajstić information content (AvgIpc) is 3.34. The van der Waals surface area contributed by atoms with Crippen molar-refractivity contribution in [1.29, 1.82) is 0 Å². The summed E-state index contributed by atoms with van der Waals surface area (Å²) >= 11 is 0. The summed E-state index contributed by atoms with van der Waals surface area (Å²) in [5, 5.41) is 6.91. The number of likely N-dealkylation sites (tertiary alicyclic amines) is 1. The van der Waals surface area contributed by atoms with Crippen molar-refractivity contribution in [2.24, 2.45) is 4.99 Å². The van der Waals surface area contributed by atoms with Crippen molar-refractivity contribution in [3.63, 3.8) is 0 Å². The second-order valence-electron chi connectivity index (χ2n) is 6.77. The highest BCUT2D eigenvalue weighted by atomic mass is 15.2. The fraction of sp³-hybridized carbons (Fsp3) is 0.550. The normalized spacial score (nSPS) is 21.1. The highest BCUT2D eigenvalue weighted by Crippen LogP contribution is 2.17. The molecule has 3 rings (SSSR count). The number of hydrogen-bond acceptors (Lipinski definition) is 3. The first-order chi connectivity index (χ1) is 12.3. The molecule has 0 aliphatic carbocycles. The van der Waals surface area contributed by atoms with Crippen molar-refractivity contribution in [2.45, 2.75) is 32.4 Å². The van der Waals surface area contributed by atoms with Gasteiger partial charge in [-0.15, -0.1) is 0 Å². The molecule has 1 saturated heterocycles. The van der Waals surface area contributed by atoms with Crippen molar-refractivity contribution >= 4 is 11.6 Å². The second kappa shape index (κ2) is 8.90. The van der Waals surface area contributed by atoms with E-state index in [4.69, 9.17) is 0 Å². The molecule has 0 bridgehead atoms. The molecule has 0 radical (unpaired) electrons. The second-order valence-corrected chi connectivity index (χ2v) is 6.77. The molecule has 136 valence electrons. The van der Waals surface area contributed by atoms with E-state index in [2.05, 4.69) is 68.8 Å². The van der Waals surface area contributed by atoms with Gasteiger partial charge in [-0.1, -0.05) is 31.2 Å². The van der Waals surface area contributed by atoms with Gasteiger partial charge in [0, 0.05) is 45.0 Å². The molecule has 1 aromatic rings. The first-order valence-electron chi connectivity index (χ1n) is 9.47. The van der Waals surface area contributed by atoms with Gasteiger partial charge in [-0.3, -0.25) is 9.89 Å². The third-order valence-corrected chi connectivity index (χ3v) is 5.21. The number of likely N-dealkylation sites (N-methyl/N-ethyl adjacent to an activating group) is 1. The molecule has 2 aliphatic rings. The predicted molar refractivity (Wildman–Crippen MR) is 106 cm³/mol. The van der Waals surface area contributed by atoms with Crippen LogP contribution < -0.4 is 15.5 Å². The minimum atomic E-state index is 0.636. The van der Waals surface area contributed by atoms with Crippen LogP contribution in [0.3, 0.4) is 0 Å². The molecule has 5 nitrogen and oxygen atoms in total. The topological polar surface area (TPSA) is 42.9 Å². The first kappa shape index (κ1) is 17.8. The van der Waals surface area contributed by atoms with Gasteiger partial charge in [0.15, 0.2) is 5.96 Å². The Balaban J connectivity index is 1.44. The number of guanidine groups is 1. The maximum atomic E-state index is 4.35. The lowest BCUT2D eigenvalue weighted by Crippen LogP contribution is -2.44. The summed E-state index contributed by atoms with van der Waals surface area (Å²) < 4.78 is 0. The Morgan fingerprint density at radius 2 is 1.92 bits per heavy atom. The van der Waals surface area contributed by atoms with Crippen LogP contribution >= 0.6 is 0 Å². The molecule has 0 amide bonds. The zero-order valence-electron chi connectivity index (χ0n) is 15.5. The van der Waals surface area contributed by atoms with Crippen LogP contribution in [0, 0.1) is 0 Å². The summed E-state index contributed by atoms with van der Waals surface area (Å²) in [5.74, 6) is 0.885. The number of nitrogens with one attached hydrogen (secondary N) is 2. The quantitative estimate of drug-likeness (QED) is 0.473. The third kappa shape index (κ3) is 4.75. The van der Waals surface area contributed by atoms with Crippen molar-refractivity contribution in [1.82, 2.24) is 15.5 Å². The molecule has 1 atom stereocenters. The lowest BCUT2D eigenvalue weighted by atomic mass is 10.2. The number of anilines is 1. The third-order valence-electron chi connectivity index (χ3n) is 5.21. The fourth-order valence-corrected chi connectivity index (χ4v) is 3.68. The minimum absolute atomic E-state index is 0.636. The van der Waals surface area contributed by atoms with Crippen molar-refractivity contribution in [3.05, 3.63) is 42.0 Å². The molecule has 1 aromatic carbocycles. The summed E-state index contributed by atoms with van der Waals surface area (Å²) in [5.41, 5.74) is 2.56. The molecule has 1 unspecified atom stereocenters. The monoisotopic (exact) mass is 341 g/mol. The SMILES string of the molecule is CCN1CCCC1CNC(=NC)NCc1ccc(N2CC=CC2)cc1. The molecule has 1 fully saturated rings. The van der Waals surface area contributed by atoms with Gasteiger partial charge in [0.05, 0.1) is 0 Å². The standard InChI is InChI=1S/C20H31N5/c1-3-24-14-6-7-19(24)16-23-20(21-2)22-15-17-8-10-18(11-9-17)25-12-4-5-13-25/h4-5,8-11,19H,3,6-7,12-16H2,1-2H3,(H2,21,22,23). The Morgan fingerprint density at radius 1 is 1.16 bits per heavy atom. The van der Waals surface area contributed by atoms with Crippen LogP contribution in [0.1, 0.15) is 25.3 Å². The summed E-state index contributed by atoms with van der Waals surface area (Å²) in [6.45, 7) is 8.40. The van der Waals surface area contributed by atoms with Crippen LogP contribution in [0.2, 0.25) is 0 Å². The molecule has 5 heteroatoms. The van der Waals surface area contributed by atoms with Gasteiger partial charge in [0.25, 0.3) is 0 Å². The van der Waals surface area contributed by atoms with Crippen LogP contribution in [0.15, 0.2) is 41.4 Å². The van der Waals surface area contributed by atoms with E-state index in [1.165, 1.54) is 30.6 Å². The lowest BCUT2D eigenvalue weighted by molar-refractivity contribution is 0.267. The summed E-state index contributed by atoms with van der Waals surface area (Å²) in [6.07, 6.45) is 7.03. The predicted octanol–water partition coefficient (Wildman–Crippen LogP) is 2.21. The van der Waals surface area contributed by atoms with Crippen molar-refractivity contribution in [3.8, 4) is 0 Å². The first-order valence-corrected chi connectivity index (χ1v) is 9.47. The highest BCUT2D eigenvalue weighted by Gasteiger charge is 2.22. The largest absolute Gasteiger partial charge is 0.364 e. The molecule has 0 spiro atoms. The van der Waals surface area contributed by atoms with Crippen molar-refractivity contribution < 1.29 is 0 Å². The molecular weight excluding hydrogens is 310 g/mol. The summed E-state index contributed by atoms with van der Waals surface area (Å²) in [6, 6.07) is 9.44. The molecule has 0 saturated carbocycles. The number of benzene rings is 1. The number of rotatable bonds is 6. The lowest BCUT2D eigenvalue weighted by Gasteiger charge is -2.24. The van der Waals surface area contributed by atoms with E-state index in [0.717, 1.165) is 38.7 Å². The summed E-state index contributed by atoms with van der Waals surface area (Å²) in [4.78, 5) is 9.26. The van der Waals surface area contributed by atoms with Gasteiger partial charge in [-0.25, -0.2) is 0 Å². The van der Waals surface area contributed by atoms with Crippen LogP contribution in [0.4, 0.5) is 5.69 Å². The van der Waals surface area contributed by atoms with E-state index >= 15 is 0 Å². The zero-order chi connectivity index (χ0) is 17.5. The number of nitrogens with zero attached hydrogens (tertiary/aromatic N) is 3. The van der Waals surface area contributed by atoms with Crippen LogP contribution in [0.5, 0.6) is 0 Å². The van der Waals surface area contributed by atoms with Crippen LogP contribution in [-0.4, -0.2) is 56.7 Å². The molecule has 2 N–H and O–H groups in total. The van der Waals surface area contributed by atoms with E-state index in [1.54, 1.807) is 0 Å². The maximum Gasteiger partial charge on any atom is 0.191 e. The summed E-state index contributed by atoms with van der Waals surface area (Å²) in [7, 11) is 1.84. The number of hydrogen-bond donors (Lipinski definition) is 2. The van der Waals surface area contributed by atoms with Crippen molar-refractivity contribution in [2.75, 3.05) is 44.7 Å². The van der Waals surface area contributed by atoms with E-state index in [1.807, 2.05) is 7.05 Å². The zero-order valence-corrected chi connectivity index (χ0v) is 15.5. The van der Waals surface area contributed by atoms with E-state index < -0.39 is 0 Å². The van der Waals surface area contributed by atoms with Crippen LogP contribution in [-0.2, 0) is 6.54 Å². The van der Waals surface area contributed by atoms with E-state index in [-0.39, 0.29) is 0 Å². The van der Waals surface area contributed by atoms with E-state index in [0.29, 0.717) is 6.04 Å². The van der Waals surface area contributed by atoms with Crippen LogP contribution in [0.25, 0.3) is 0 Å². The fourth-order valence-electron chi connectivity index (χ4n) is 3.68. The molecule has 2 aliphatic heterocycles. The Hall–Kier alpha value is -2.01. The Bertz CT molecular complexity index is 585. The average molecular weight is 342 g/mol. The Morgan fingerprint density at radius 3 is 2.60 bits per heavy atom. The van der Waals surface area contributed by atoms with Gasteiger partial charge in [-0.05, 0) is 43.6 Å². The van der Waals surface area contributed by atoms with E-state index in [9.17, 15) is 0 Å². The molecule has 2 heterocycles. The maximum absolute atomic E-state index is 4.35. The molecule has 25 heavy (non-hydrogen) atoms. The number of aliphatic imine (C=N–C) groups is 1. The van der Waals surface area contributed by atoms with Gasteiger partial charge in [0.2, 0.25) is 0 Å². The van der Waals surface area contributed by atoms with Gasteiger partial charge < -0.3 is 15.5 Å².